The number of hydrogen-bond donors (Lipinski definition) is 2. The number of carbonyl (C=O) groups excluding carboxylic acids is 1. The lowest BCUT2D eigenvalue weighted by Crippen LogP contribution is -2.25. The third-order valence-corrected chi connectivity index (χ3v) is 3.00. The predicted octanol–water partition coefficient (Wildman–Crippen LogP) is 1.41. The number of nitrogens with one attached hydrogen (secondary N) is 1. The van der Waals surface area contributed by atoms with Crippen LogP contribution in [-0.4, -0.2) is 28.5 Å². The van der Waals surface area contributed by atoms with Crippen molar-refractivity contribution in [2.24, 2.45) is 0 Å². The van der Waals surface area contributed by atoms with Crippen LogP contribution in [0, 0.1) is 0 Å². The van der Waals surface area contributed by atoms with Gasteiger partial charge in [-0.25, -0.2) is 9.78 Å². The fraction of sp³-hybridized carbons (Fsp3) is 0.182. The zero-order chi connectivity index (χ0) is 13.0. The van der Waals surface area contributed by atoms with Crippen molar-refractivity contribution < 1.29 is 19.1 Å². The number of thiazole rings is 1. The average Bonchev–Trinajstić information content (AvgIpc) is 2.99. The van der Waals surface area contributed by atoms with E-state index in [4.69, 9.17) is 9.52 Å². The molecule has 6 nitrogen and oxygen atoms in total. The molecule has 0 unspecified atom stereocenters. The molecule has 2 aromatic heterocycles. The molecule has 0 radical (unpaired) electrons. The van der Waals surface area contributed by atoms with Gasteiger partial charge < -0.3 is 14.8 Å². The van der Waals surface area contributed by atoms with Crippen molar-refractivity contribution in [1.82, 2.24) is 10.3 Å². The lowest BCUT2D eigenvalue weighted by molar-refractivity contribution is 0.0691. The van der Waals surface area contributed by atoms with Gasteiger partial charge in [0.15, 0.2) is 10.7 Å². The molecule has 7 heteroatoms. The van der Waals surface area contributed by atoms with Crippen LogP contribution in [0.2, 0.25) is 0 Å². The predicted molar refractivity (Wildman–Crippen MR) is 63.8 cm³/mol. The summed E-state index contributed by atoms with van der Waals surface area (Å²) in [4.78, 5) is 25.9. The van der Waals surface area contributed by atoms with Gasteiger partial charge in [0.05, 0.1) is 6.26 Å². The summed E-state index contributed by atoms with van der Waals surface area (Å²) >= 11 is 1.01. The van der Waals surface area contributed by atoms with Gasteiger partial charge in [0, 0.05) is 18.3 Å². The highest BCUT2D eigenvalue weighted by atomic mass is 32.1. The molecule has 0 atom stereocenters. The van der Waals surface area contributed by atoms with E-state index in [0.29, 0.717) is 13.0 Å². The number of aromatic carboxylic acids is 1. The van der Waals surface area contributed by atoms with Crippen LogP contribution in [0.25, 0.3) is 0 Å². The first-order chi connectivity index (χ1) is 8.66. The van der Waals surface area contributed by atoms with E-state index in [1.807, 2.05) is 6.07 Å². The summed E-state index contributed by atoms with van der Waals surface area (Å²) < 4.78 is 5.11. The van der Waals surface area contributed by atoms with E-state index in [0.717, 1.165) is 17.1 Å². The number of carboxylic acids is 1. The zero-order valence-corrected chi connectivity index (χ0v) is 10.1. The lowest BCUT2D eigenvalue weighted by atomic mass is 10.3. The van der Waals surface area contributed by atoms with Crippen molar-refractivity contribution in [3.63, 3.8) is 0 Å². The molecule has 0 aromatic carbocycles. The monoisotopic (exact) mass is 266 g/mol. The van der Waals surface area contributed by atoms with Crippen molar-refractivity contribution in [3.8, 4) is 0 Å². The lowest BCUT2D eigenvalue weighted by Gasteiger charge is -2.00. The van der Waals surface area contributed by atoms with Crippen molar-refractivity contribution in [2.75, 3.05) is 6.54 Å². The molecule has 2 N–H and O–H groups in total. The SMILES string of the molecule is O=C(O)c1csc(C(=O)NCCc2ccco2)n1. The third kappa shape index (κ3) is 2.95. The molecule has 0 bridgehead atoms. The van der Waals surface area contributed by atoms with E-state index >= 15 is 0 Å². The van der Waals surface area contributed by atoms with E-state index < -0.39 is 5.97 Å². The van der Waals surface area contributed by atoms with Crippen LogP contribution in [0.5, 0.6) is 0 Å². The molecule has 0 fully saturated rings. The van der Waals surface area contributed by atoms with E-state index in [-0.39, 0.29) is 16.6 Å². The molecular weight excluding hydrogens is 256 g/mol. The minimum atomic E-state index is -1.14. The Morgan fingerprint density at radius 1 is 1.50 bits per heavy atom. The molecule has 1 amide bonds. The number of hydrogen-bond acceptors (Lipinski definition) is 5. The number of aromatic nitrogens is 1. The maximum absolute atomic E-state index is 11.6. The highest BCUT2D eigenvalue weighted by Gasteiger charge is 2.14. The first-order valence-electron chi connectivity index (χ1n) is 5.16. The van der Waals surface area contributed by atoms with Gasteiger partial charge in [-0.3, -0.25) is 4.79 Å². The minimum Gasteiger partial charge on any atom is -0.476 e. The summed E-state index contributed by atoms with van der Waals surface area (Å²) in [7, 11) is 0. The number of rotatable bonds is 5. The molecular formula is C11H10N2O4S. The first-order valence-corrected chi connectivity index (χ1v) is 6.04. The summed E-state index contributed by atoms with van der Waals surface area (Å²) in [5.41, 5.74) is -0.115. The number of carboxylic acid groups (broad SMARTS) is 1. The maximum atomic E-state index is 11.6. The summed E-state index contributed by atoms with van der Waals surface area (Å²) in [6, 6.07) is 3.59. The van der Waals surface area contributed by atoms with Crippen molar-refractivity contribution >= 4 is 23.2 Å². The van der Waals surface area contributed by atoms with E-state index in [1.54, 1.807) is 12.3 Å². The standard InChI is InChI=1S/C11H10N2O4S/c14-9(10-13-8(6-18-10)11(15)16)12-4-3-7-2-1-5-17-7/h1-2,5-6H,3-4H2,(H,12,14)(H,15,16). The smallest absolute Gasteiger partial charge is 0.355 e. The number of furan rings is 1. The Kier molecular flexibility index (Phi) is 3.73. The van der Waals surface area contributed by atoms with Gasteiger partial charge in [0.2, 0.25) is 0 Å². The van der Waals surface area contributed by atoms with Crippen LogP contribution in [-0.2, 0) is 6.42 Å². The number of carbonyl (C=O) groups is 2. The fourth-order valence-corrected chi connectivity index (χ4v) is 2.01. The Balaban J connectivity index is 1.85. The molecule has 0 saturated carbocycles. The second-order valence-electron chi connectivity index (χ2n) is 3.43. The quantitative estimate of drug-likeness (QED) is 0.853. The Morgan fingerprint density at radius 2 is 2.33 bits per heavy atom. The second kappa shape index (κ2) is 5.46. The molecule has 18 heavy (non-hydrogen) atoms. The third-order valence-electron chi connectivity index (χ3n) is 2.15. The summed E-state index contributed by atoms with van der Waals surface area (Å²) in [5.74, 6) is -0.736. The van der Waals surface area contributed by atoms with Crippen LogP contribution in [0.15, 0.2) is 28.2 Å². The molecule has 0 saturated heterocycles. The Bertz CT molecular complexity index is 547. The Labute approximate surface area is 106 Å². The fourth-order valence-electron chi connectivity index (χ4n) is 1.31. The van der Waals surface area contributed by atoms with Gasteiger partial charge in [0.25, 0.3) is 5.91 Å². The van der Waals surface area contributed by atoms with Crippen LogP contribution in [0.1, 0.15) is 26.1 Å². The van der Waals surface area contributed by atoms with Gasteiger partial charge in [-0.05, 0) is 12.1 Å². The van der Waals surface area contributed by atoms with Crippen LogP contribution in [0.3, 0.4) is 0 Å². The van der Waals surface area contributed by atoms with Crippen molar-refractivity contribution in [3.05, 3.63) is 40.2 Å². The molecule has 2 heterocycles. The summed E-state index contributed by atoms with van der Waals surface area (Å²) in [6.45, 7) is 0.411. The van der Waals surface area contributed by atoms with Crippen molar-refractivity contribution in [1.29, 1.82) is 0 Å². The topological polar surface area (TPSA) is 92.4 Å². The van der Waals surface area contributed by atoms with Gasteiger partial charge >= 0.3 is 5.97 Å². The molecule has 2 aromatic rings. The maximum Gasteiger partial charge on any atom is 0.355 e. The van der Waals surface area contributed by atoms with Gasteiger partial charge in [-0.1, -0.05) is 0 Å². The highest BCUT2D eigenvalue weighted by molar-refractivity contribution is 7.11. The first kappa shape index (κ1) is 12.3. The van der Waals surface area contributed by atoms with E-state index in [9.17, 15) is 9.59 Å². The molecule has 0 aliphatic carbocycles. The van der Waals surface area contributed by atoms with Crippen molar-refractivity contribution in [2.45, 2.75) is 6.42 Å². The average molecular weight is 266 g/mol. The number of amides is 1. The normalized spacial score (nSPS) is 10.2. The molecule has 94 valence electrons. The van der Waals surface area contributed by atoms with E-state index in [2.05, 4.69) is 10.3 Å². The molecule has 2 rings (SSSR count). The number of nitrogens with zero attached hydrogens (tertiary/aromatic N) is 1. The van der Waals surface area contributed by atoms with Gasteiger partial charge in [0.1, 0.15) is 5.76 Å². The molecule has 0 aliphatic rings. The second-order valence-corrected chi connectivity index (χ2v) is 4.29. The summed E-state index contributed by atoms with van der Waals surface area (Å²) in [5, 5.41) is 12.8. The largest absolute Gasteiger partial charge is 0.476 e. The van der Waals surface area contributed by atoms with Crippen LogP contribution >= 0.6 is 11.3 Å². The van der Waals surface area contributed by atoms with Gasteiger partial charge in [-0.15, -0.1) is 11.3 Å². The minimum absolute atomic E-state index is 0.115. The zero-order valence-electron chi connectivity index (χ0n) is 9.25. The molecule has 0 aliphatic heterocycles. The Hall–Kier alpha value is -2.15. The highest BCUT2D eigenvalue weighted by Crippen LogP contribution is 2.09. The molecule has 0 spiro atoms. The Morgan fingerprint density at radius 3 is 2.94 bits per heavy atom. The van der Waals surface area contributed by atoms with Crippen LogP contribution < -0.4 is 5.32 Å². The van der Waals surface area contributed by atoms with Crippen LogP contribution in [0.4, 0.5) is 0 Å². The van der Waals surface area contributed by atoms with E-state index in [1.165, 1.54) is 5.38 Å². The summed E-state index contributed by atoms with van der Waals surface area (Å²) in [6.07, 6.45) is 2.15. The van der Waals surface area contributed by atoms with Gasteiger partial charge in [-0.2, -0.15) is 0 Å².